The lowest BCUT2D eigenvalue weighted by Crippen LogP contribution is -2.16. The highest BCUT2D eigenvalue weighted by molar-refractivity contribution is 6.03. The first-order chi connectivity index (χ1) is 12.6. The van der Waals surface area contributed by atoms with Gasteiger partial charge in [0, 0.05) is 5.56 Å². The standard InChI is InChI=1S/C21H18N2O3/c22-20(23-21(25)26-14-15-4-2-1-3-5-15)18-8-6-16(7-9-18)17-10-12-19(24)13-11-17/h1-13,24H,14H2,(H2,22,23,25). The lowest BCUT2D eigenvalue weighted by Gasteiger charge is -2.05. The summed E-state index contributed by atoms with van der Waals surface area (Å²) in [6.07, 6.45) is -0.728. The molecule has 3 aromatic rings. The molecule has 0 atom stereocenters. The minimum absolute atomic E-state index is 0.0975. The minimum Gasteiger partial charge on any atom is -0.508 e. The maximum Gasteiger partial charge on any atom is 0.435 e. The van der Waals surface area contributed by atoms with Crippen LogP contribution in [0.15, 0.2) is 83.9 Å². The minimum atomic E-state index is -0.728. The summed E-state index contributed by atoms with van der Waals surface area (Å²) in [6, 6.07) is 23.6. The topological polar surface area (TPSA) is 84.9 Å². The summed E-state index contributed by atoms with van der Waals surface area (Å²) in [7, 11) is 0. The summed E-state index contributed by atoms with van der Waals surface area (Å²) in [5, 5.41) is 9.34. The molecule has 0 aliphatic rings. The predicted molar refractivity (Wildman–Crippen MR) is 101 cm³/mol. The van der Waals surface area contributed by atoms with E-state index in [0.29, 0.717) is 5.56 Å². The molecule has 5 nitrogen and oxygen atoms in total. The molecule has 0 saturated heterocycles. The molecule has 0 aliphatic heterocycles. The first-order valence-electron chi connectivity index (χ1n) is 8.06. The monoisotopic (exact) mass is 346 g/mol. The number of phenolic OH excluding ortho intramolecular Hbond substituents is 1. The number of benzene rings is 3. The van der Waals surface area contributed by atoms with Crippen LogP contribution in [0.1, 0.15) is 11.1 Å². The lowest BCUT2D eigenvalue weighted by atomic mass is 10.0. The Morgan fingerprint density at radius 2 is 1.46 bits per heavy atom. The maximum atomic E-state index is 11.8. The van der Waals surface area contributed by atoms with E-state index in [9.17, 15) is 9.90 Å². The van der Waals surface area contributed by atoms with Gasteiger partial charge in [-0.2, -0.15) is 4.99 Å². The third-order valence-electron chi connectivity index (χ3n) is 3.80. The Bertz CT molecular complexity index is 902. The summed E-state index contributed by atoms with van der Waals surface area (Å²) in [5.74, 6) is 0.316. The van der Waals surface area contributed by atoms with Gasteiger partial charge in [-0.1, -0.05) is 66.7 Å². The van der Waals surface area contributed by atoms with Crippen LogP contribution in [-0.2, 0) is 11.3 Å². The van der Waals surface area contributed by atoms with Crippen LogP contribution in [0.4, 0.5) is 4.79 Å². The Balaban J connectivity index is 1.65. The Hall–Kier alpha value is -3.60. The highest BCUT2D eigenvalue weighted by Crippen LogP contribution is 2.22. The lowest BCUT2D eigenvalue weighted by molar-refractivity contribution is 0.151. The molecule has 0 fully saturated rings. The highest BCUT2D eigenvalue weighted by atomic mass is 16.5. The third-order valence-corrected chi connectivity index (χ3v) is 3.80. The van der Waals surface area contributed by atoms with E-state index in [1.807, 2.05) is 54.6 Å². The summed E-state index contributed by atoms with van der Waals surface area (Å²) >= 11 is 0. The quantitative estimate of drug-likeness (QED) is 0.550. The molecule has 1 amide bonds. The fraction of sp³-hybridized carbons (Fsp3) is 0.0476. The number of carbonyl (C=O) groups excluding carboxylic acids is 1. The largest absolute Gasteiger partial charge is 0.508 e. The zero-order valence-electron chi connectivity index (χ0n) is 14.0. The SMILES string of the molecule is NC(=NC(=O)OCc1ccccc1)c1ccc(-c2ccc(O)cc2)cc1. The van der Waals surface area contributed by atoms with Gasteiger partial charge in [-0.3, -0.25) is 0 Å². The van der Waals surface area contributed by atoms with Crippen molar-refractivity contribution in [1.29, 1.82) is 0 Å². The Labute approximate surface area is 151 Å². The van der Waals surface area contributed by atoms with Gasteiger partial charge in [-0.05, 0) is 28.8 Å². The number of phenols is 1. The van der Waals surface area contributed by atoms with Crippen molar-refractivity contribution in [3.05, 3.63) is 90.0 Å². The second kappa shape index (κ2) is 7.98. The number of nitrogens with two attached hydrogens (primary N) is 1. The molecule has 0 radical (unpaired) electrons. The Kier molecular flexibility index (Phi) is 5.29. The van der Waals surface area contributed by atoms with E-state index in [1.165, 1.54) is 0 Å². The van der Waals surface area contributed by atoms with Crippen LogP contribution in [0.5, 0.6) is 5.75 Å². The molecule has 3 aromatic carbocycles. The van der Waals surface area contributed by atoms with Crippen LogP contribution < -0.4 is 5.73 Å². The van der Waals surface area contributed by atoms with Crippen molar-refractivity contribution in [3.8, 4) is 16.9 Å². The summed E-state index contributed by atoms with van der Waals surface area (Å²) in [6.45, 7) is 0.149. The van der Waals surface area contributed by atoms with E-state index in [-0.39, 0.29) is 18.2 Å². The van der Waals surface area contributed by atoms with Crippen LogP contribution in [0.25, 0.3) is 11.1 Å². The second-order valence-corrected chi connectivity index (χ2v) is 5.66. The molecule has 5 heteroatoms. The molecule has 0 bridgehead atoms. The molecule has 0 unspecified atom stereocenters. The number of amidine groups is 1. The van der Waals surface area contributed by atoms with Crippen LogP contribution in [0, 0.1) is 0 Å². The average Bonchev–Trinajstić information content (AvgIpc) is 2.68. The zero-order chi connectivity index (χ0) is 18.4. The molecule has 3 N–H and O–H groups in total. The first kappa shape index (κ1) is 17.2. The number of aromatic hydroxyl groups is 1. The maximum absolute atomic E-state index is 11.8. The molecular formula is C21H18N2O3. The zero-order valence-corrected chi connectivity index (χ0v) is 14.0. The normalized spacial score (nSPS) is 11.2. The molecule has 0 aliphatic carbocycles. The second-order valence-electron chi connectivity index (χ2n) is 5.66. The third kappa shape index (κ3) is 4.48. The summed E-state index contributed by atoms with van der Waals surface area (Å²) in [4.78, 5) is 15.6. The van der Waals surface area contributed by atoms with Crippen molar-refractivity contribution < 1.29 is 14.6 Å². The van der Waals surface area contributed by atoms with Gasteiger partial charge in [0.2, 0.25) is 0 Å². The molecule has 26 heavy (non-hydrogen) atoms. The van der Waals surface area contributed by atoms with Gasteiger partial charge in [0.15, 0.2) is 0 Å². The van der Waals surface area contributed by atoms with Crippen LogP contribution in [0.2, 0.25) is 0 Å². The van der Waals surface area contributed by atoms with Gasteiger partial charge in [0.1, 0.15) is 18.2 Å². The van der Waals surface area contributed by atoms with Crippen molar-refractivity contribution in [2.45, 2.75) is 6.61 Å². The Morgan fingerprint density at radius 1 is 0.885 bits per heavy atom. The van der Waals surface area contributed by atoms with Gasteiger partial charge in [-0.15, -0.1) is 0 Å². The van der Waals surface area contributed by atoms with Crippen molar-refractivity contribution in [1.82, 2.24) is 0 Å². The van der Waals surface area contributed by atoms with Crippen molar-refractivity contribution in [3.63, 3.8) is 0 Å². The van der Waals surface area contributed by atoms with E-state index >= 15 is 0 Å². The fourth-order valence-corrected chi connectivity index (χ4v) is 2.40. The molecular weight excluding hydrogens is 328 g/mol. The van der Waals surface area contributed by atoms with Crippen molar-refractivity contribution >= 4 is 11.9 Å². The number of hydrogen-bond donors (Lipinski definition) is 2. The van der Waals surface area contributed by atoms with Gasteiger partial charge in [0.25, 0.3) is 0 Å². The van der Waals surface area contributed by atoms with E-state index in [0.717, 1.165) is 16.7 Å². The fourth-order valence-electron chi connectivity index (χ4n) is 2.40. The highest BCUT2D eigenvalue weighted by Gasteiger charge is 2.06. The van der Waals surface area contributed by atoms with Crippen molar-refractivity contribution in [2.75, 3.05) is 0 Å². The van der Waals surface area contributed by atoms with E-state index in [1.54, 1.807) is 24.3 Å². The number of hydrogen-bond acceptors (Lipinski definition) is 3. The van der Waals surface area contributed by atoms with Crippen LogP contribution >= 0.6 is 0 Å². The van der Waals surface area contributed by atoms with E-state index in [2.05, 4.69) is 4.99 Å². The number of ether oxygens (including phenoxy) is 1. The molecule has 3 rings (SSSR count). The predicted octanol–water partition coefficient (Wildman–Crippen LogP) is 4.10. The molecule has 130 valence electrons. The summed E-state index contributed by atoms with van der Waals surface area (Å²) in [5.41, 5.74) is 9.33. The van der Waals surface area contributed by atoms with Gasteiger partial charge in [0.05, 0.1) is 0 Å². The molecule has 0 spiro atoms. The first-order valence-corrected chi connectivity index (χ1v) is 8.06. The number of carbonyl (C=O) groups is 1. The van der Waals surface area contributed by atoms with Gasteiger partial charge < -0.3 is 15.6 Å². The van der Waals surface area contributed by atoms with Crippen LogP contribution in [0.3, 0.4) is 0 Å². The van der Waals surface area contributed by atoms with E-state index in [4.69, 9.17) is 10.5 Å². The van der Waals surface area contributed by atoms with Crippen LogP contribution in [-0.4, -0.2) is 17.0 Å². The van der Waals surface area contributed by atoms with Gasteiger partial charge in [-0.25, -0.2) is 4.79 Å². The number of rotatable bonds is 4. The average molecular weight is 346 g/mol. The van der Waals surface area contributed by atoms with Crippen molar-refractivity contribution in [2.24, 2.45) is 10.7 Å². The number of aliphatic imine (C=N–C) groups is 1. The van der Waals surface area contributed by atoms with E-state index < -0.39 is 6.09 Å². The molecule has 0 aromatic heterocycles. The Morgan fingerprint density at radius 3 is 2.08 bits per heavy atom. The summed E-state index contributed by atoms with van der Waals surface area (Å²) < 4.78 is 5.09. The number of amides is 1. The number of nitrogens with zero attached hydrogens (tertiary/aromatic N) is 1. The molecule has 0 saturated carbocycles. The molecule has 0 heterocycles. The van der Waals surface area contributed by atoms with Gasteiger partial charge >= 0.3 is 6.09 Å². The smallest absolute Gasteiger partial charge is 0.435 e.